The van der Waals surface area contributed by atoms with Crippen molar-refractivity contribution in [2.45, 2.75) is 44.9 Å². The molecule has 6 heteroatoms. The third-order valence-electron chi connectivity index (χ3n) is 4.00. The molecular formula is C18H29NO5. The second kappa shape index (κ2) is 10.3. The van der Waals surface area contributed by atoms with Crippen LogP contribution < -0.4 is 10.1 Å². The third-order valence-corrected chi connectivity index (χ3v) is 4.00. The van der Waals surface area contributed by atoms with Crippen LogP contribution in [0.3, 0.4) is 0 Å². The number of carbonyl (C=O) groups is 1. The molecule has 136 valence electrons. The van der Waals surface area contributed by atoms with Gasteiger partial charge in [0.1, 0.15) is 5.75 Å². The van der Waals surface area contributed by atoms with Gasteiger partial charge in [0.05, 0.1) is 26.9 Å². The Morgan fingerprint density at radius 2 is 1.96 bits per heavy atom. The van der Waals surface area contributed by atoms with E-state index in [4.69, 9.17) is 14.2 Å². The highest BCUT2D eigenvalue weighted by Gasteiger charge is 2.44. The number of unbranched alkanes of at least 4 members (excludes halogenated alkanes) is 1. The quantitative estimate of drug-likeness (QED) is 0.474. The summed E-state index contributed by atoms with van der Waals surface area (Å²) in [6.07, 6.45) is 0.930. The number of benzene rings is 1. The minimum Gasteiger partial charge on any atom is -0.497 e. The van der Waals surface area contributed by atoms with Crippen molar-refractivity contribution in [3.63, 3.8) is 0 Å². The highest BCUT2D eigenvalue weighted by molar-refractivity contribution is 5.81. The Hall–Kier alpha value is -1.63. The highest BCUT2D eigenvalue weighted by atomic mass is 16.5. The summed E-state index contributed by atoms with van der Waals surface area (Å²) >= 11 is 0. The van der Waals surface area contributed by atoms with Gasteiger partial charge in [-0.3, -0.25) is 5.32 Å². The second-order valence-electron chi connectivity index (χ2n) is 5.75. The zero-order chi connectivity index (χ0) is 18.0. The summed E-state index contributed by atoms with van der Waals surface area (Å²) in [5.74, 6) is 0.221. The van der Waals surface area contributed by atoms with Crippen LogP contribution >= 0.6 is 0 Å². The van der Waals surface area contributed by atoms with Gasteiger partial charge in [-0.05, 0) is 31.0 Å². The van der Waals surface area contributed by atoms with Crippen LogP contribution in [-0.4, -0.2) is 50.2 Å². The first kappa shape index (κ1) is 20.4. The molecule has 6 nitrogen and oxygen atoms in total. The fourth-order valence-corrected chi connectivity index (χ4v) is 2.29. The molecule has 2 atom stereocenters. The topological polar surface area (TPSA) is 77.0 Å². The van der Waals surface area contributed by atoms with Gasteiger partial charge in [-0.25, -0.2) is 4.79 Å². The number of rotatable bonds is 11. The molecule has 0 radical (unpaired) electrons. The Labute approximate surface area is 144 Å². The summed E-state index contributed by atoms with van der Waals surface area (Å²) in [5, 5.41) is 13.3. The zero-order valence-electron chi connectivity index (χ0n) is 15.0. The lowest BCUT2D eigenvalue weighted by Gasteiger charge is -2.34. The number of methoxy groups -OCH3 is 2. The van der Waals surface area contributed by atoms with Crippen molar-refractivity contribution >= 4 is 5.97 Å². The number of carbonyl (C=O) groups excluding carboxylic acids is 1. The molecule has 2 N–H and O–H groups in total. The lowest BCUT2D eigenvalue weighted by atomic mass is 9.93. The number of nitrogens with one attached hydrogen (secondary N) is 1. The van der Waals surface area contributed by atoms with Gasteiger partial charge in [0, 0.05) is 13.2 Å². The fourth-order valence-electron chi connectivity index (χ4n) is 2.29. The first-order valence-electron chi connectivity index (χ1n) is 8.22. The van der Waals surface area contributed by atoms with Gasteiger partial charge in [-0.15, -0.1) is 0 Å². The minimum atomic E-state index is -1.30. The molecule has 0 saturated heterocycles. The number of hydrogen-bond acceptors (Lipinski definition) is 6. The number of hydrogen-bond donors (Lipinski definition) is 2. The lowest BCUT2D eigenvalue weighted by molar-refractivity contribution is -0.158. The summed E-state index contributed by atoms with van der Waals surface area (Å²) in [6, 6.07) is 7.48. The average Bonchev–Trinajstić information content (AvgIpc) is 2.60. The van der Waals surface area contributed by atoms with Crippen molar-refractivity contribution < 1.29 is 24.1 Å². The van der Waals surface area contributed by atoms with E-state index in [1.165, 1.54) is 7.11 Å². The maximum absolute atomic E-state index is 12.3. The number of aliphatic hydroxyl groups excluding tert-OH is 1. The van der Waals surface area contributed by atoms with E-state index in [0.29, 0.717) is 13.2 Å². The number of aliphatic hydroxyl groups is 1. The van der Waals surface area contributed by atoms with E-state index in [2.05, 4.69) is 12.2 Å². The smallest absolute Gasteiger partial charge is 0.331 e. The van der Waals surface area contributed by atoms with E-state index >= 15 is 0 Å². The van der Waals surface area contributed by atoms with Gasteiger partial charge in [-0.2, -0.15) is 0 Å². The van der Waals surface area contributed by atoms with E-state index in [9.17, 15) is 9.90 Å². The second-order valence-corrected chi connectivity index (χ2v) is 5.75. The van der Waals surface area contributed by atoms with E-state index in [0.717, 1.165) is 24.2 Å². The summed E-state index contributed by atoms with van der Waals surface area (Å²) in [5.41, 5.74) is -0.346. The molecule has 0 aliphatic heterocycles. The van der Waals surface area contributed by atoms with Gasteiger partial charge in [0.15, 0.2) is 5.54 Å². The molecule has 0 spiro atoms. The molecule has 0 aliphatic carbocycles. The molecule has 0 unspecified atom stereocenters. The molecule has 1 rings (SSSR count). The third kappa shape index (κ3) is 5.47. The van der Waals surface area contributed by atoms with Gasteiger partial charge in [0.2, 0.25) is 0 Å². The maximum Gasteiger partial charge on any atom is 0.331 e. The first-order valence-corrected chi connectivity index (χ1v) is 8.22. The predicted octanol–water partition coefficient (Wildman–Crippen LogP) is 1.89. The molecule has 0 heterocycles. The first-order chi connectivity index (χ1) is 11.5. The van der Waals surface area contributed by atoms with Gasteiger partial charge in [-0.1, -0.05) is 25.5 Å². The summed E-state index contributed by atoms with van der Waals surface area (Å²) in [7, 11) is 2.91. The molecule has 0 amide bonds. The average molecular weight is 339 g/mol. The normalized spacial score (nSPS) is 14.7. The summed E-state index contributed by atoms with van der Waals surface area (Å²) < 4.78 is 15.6. The molecular weight excluding hydrogens is 310 g/mol. The molecule has 0 aromatic heterocycles. The Morgan fingerprint density at radius 3 is 2.46 bits per heavy atom. The molecule has 0 saturated carbocycles. The van der Waals surface area contributed by atoms with Crippen molar-refractivity contribution in [2.24, 2.45) is 0 Å². The number of ether oxygens (including phenoxy) is 3. The monoisotopic (exact) mass is 339 g/mol. The molecule has 1 aromatic carbocycles. The zero-order valence-corrected chi connectivity index (χ0v) is 15.0. The largest absolute Gasteiger partial charge is 0.497 e. The van der Waals surface area contributed by atoms with E-state index < -0.39 is 17.6 Å². The number of esters is 1. The Kier molecular flexibility index (Phi) is 8.74. The van der Waals surface area contributed by atoms with E-state index in [1.54, 1.807) is 14.0 Å². The van der Waals surface area contributed by atoms with Crippen molar-refractivity contribution in [3.05, 3.63) is 29.8 Å². The summed E-state index contributed by atoms with van der Waals surface area (Å²) in [6.45, 7) is 4.59. The van der Waals surface area contributed by atoms with Crippen molar-refractivity contribution in [2.75, 3.05) is 27.4 Å². The Bertz CT molecular complexity index is 489. The van der Waals surface area contributed by atoms with Crippen molar-refractivity contribution in [3.8, 4) is 5.75 Å². The van der Waals surface area contributed by atoms with Gasteiger partial charge >= 0.3 is 5.97 Å². The Morgan fingerprint density at radius 1 is 1.29 bits per heavy atom. The van der Waals surface area contributed by atoms with Crippen LogP contribution in [-0.2, 0) is 20.8 Å². The maximum atomic E-state index is 12.3. The molecule has 1 aromatic rings. The highest BCUT2D eigenvalue weighted by Crippen LogP contribution is 2.17. The van der Waals surface area contributed by atoms with Crippen LogP contribution in [0.1, 0.15) is 32.3 Å². The van der Waals surface area contributed by atoms with Crippen LogP contribution in [0.15, 0.2) is 24.3 Å². The minimum absolute atomic E-state index is 0.0491. The molecule has 0 bridgehead atoms. The lowest BCUT2D eigenvalue weighted by Crippen LogP contribution is -2.62. The summed E-state index contributed by atoms with van der Waals surface area (Å²) in [4.78, 5) is 12.3. The van der Waals surface area contributed by atoms with Crippen LogP contribution in [0.4, 0.5) is 0 Å². The van der Waals surface area contributed by atoms with Crippen LogP contribution in [0.25, 0.3) is 0 Å². The molecule has 0 fully saturated rings. The van der Waals surface area contributed by atoms with E-state index in [1.807, 2.05) is 24.3 Å². The van der Waals surface area contributed by atoms with Gasteiger partial charge < -0.3 is 19.3 Å². The van der Waals surface area contributed by atoms with Crippen molar-refractivity contribution in [1.29, 1.82) is 0 Å². The molecule has 0 aliphatic rings. The van der Waals surface area contributed by atoms with Crippen molar-refractivity contribution in [1.82, 2.24) is 5.32 Å². The predicted molar refractivity (Wildman–Crippen MR) is 92.0 cm³/mol. The van der Waals surface area contributed by atoms with Crippen LogP contribution in [0.5, 0.6) is 5.75 Å². The van der Waals surface area contributed by atoms with Gasteiger partial charge in [0.25, 0.3) is 0 Å². The fraction of sp³-hybridized carbons (Fsp3) is 0.611. The van der Waals surface area contributed by atoms with E-state index in [-0.39, 0.29) is 6.61 Å². The van der Waals surface area contributed by atoms with Crippen LogP contribution in [0, 0.1) is 0 Å². The standard InChI is InChI=1S/C18H29NO5/c1-5-6-11-24-13-18(14(2)20,17(21)23-4)19-12-15-7-9-16(22-3)10-8-15/h7-10,14,19-20H,5-6,11-13H2,1-4H3/t14-,18-/m1/s1. The molecule has 24 heavy (non-hydrogen) atoms. The SMILES string of the molecule is CCCCOC[C@](NCc1ccc(OC)cc1)(C(=O)OC)[C@@H](C)O. The van der Waals surface area contributed by atoms with Crippen LogP contribution in [0.2, 0.25) is 0 Å². The Balaban J connectivity index is 2.83.